The van der Waals surface area contributed by atoms with Crippen LogP contribution in [0.15, 0.2) is 67.0 Å². The standard InChI is InChI=1S/C27H30N4O3/c1-19-11-14-31(15-12-19)24-10-9-21(30-27(33)22-7-3-4-8-25(22)34-2)16-23(24)26(32)29-18-20-6-5-13-28-17-20/h3-10,13,16-17,19H,11-12,14-15,18H2,1-2H3,(H,29,32)(H,30,33). The molecule has 2 N–H and O–H groups in total. The van der Waals surface area contributed by atoms with Gasteiger partial charge in [-0.2, -0.15) is 0 Å². The summed E-state index contributed by atoms with van der Waals surface area (Å²) in [6.45, 7) is 4.43. The van der Waals surface area contributed by atoms with Crippen LogP contribution >= 0.6 is 0 Å². The Morgan fingerprint density at radius 2 is 1.82 bits per heavy atom. The van der Waals surface area contributed by atoms with Gasteiger partial charge in [0.05, 0.1) is 18.2 Å². The van der Waals surface area contributed by atoms with Gasteiger partial charge in [0.25, 0.3) is 11.8 Å². The van der Waals surface area contributed by atoms with Crippen molar-refractivity contribution in [2.75, 3.05) is 30.4 Å². The number of para-hydroxylation sites is 1. The van der Waals surface area contributed by atoms with Gasteiger partial charge >= 0.3 is 0 Å². The maximum Gasteiger partial charge on any atom is 0.259 e. The van der Waals surface area contributed by atoms with Crippen LogP contribution in [0.2, 0.25) is 0 Å². The summed E-state index contributed by atoms with van der Waals surface area (Å²) in [5, 5.41) is 5.91. The van der Waals surface area contributed by atoms with Crippen LogP contribution in [-0.2, 0) is 6.54 Å². The molecule has 0 unspecified atom stereocenters. The Hall–Kier alpha value is -3.87. The molecular weight excluding hydrogens is 428 g/mol. The summed E-state index contributed by atoms with van der Waals surface area (Å²) in [4.78, 5) is 32.5. The monoisotopic (exact) mass is 458 g/mol. The number of hydrogen-bond acceptors (Lipinski definition) is 5. The SMILES string of the molecule is COc1ccccc1C(=O)Nc1ccc(N2CCC(C)CC2)c(C(=O)NCc2cccnc2)c1. The first-order valence-corrected chi connectivity index (χ1v) is 11.6. The van der Waals surface area contributed by atoms with Crippen LogP contribution in [0.1, 0.15) is 46.0 Å². The van der Waals surface area contributed by atoms with Gasteiger partial charge in [-0.3, -0.25) is 14.6 Å². The lowest BCUT2D eigenvalue weighted by atomic mass is 9.97. The summed E-state index contributed by atoms with van der Waals surface area (Å²) in [6, 6.07) is 16.3. The number of piperidine rings is 1. The lowest BCUT2D eigenvalue weighted by Crippen LogP contribution is -2.35. The highest BCUT2D eigenvalue weighted by Gasteiger charge is 2.22. The van der Waals surface area contributed by atoms with Gasteiger partial charge in [0, 0.05) is 43.4 Å². The molecular formula is C27H30N4O3. The molecule has 176 valence electrons. The van der Waals surface area contributed by atoms with Gasteiger partial charge in [0.1, 0.15) is 5.75 Å². The third-order valence-electron chi connectivity index (χ3n) is 6.15. The third-order valence-corrected chi connectivity index (χ3v) is 6.15. The van der Waals surface area contributed by atoms with Gasteiger partial charge in [-0.25, -0.2) is 0 Å². The second-order valence-corrected chi connectivity index (χ2v) is 8.60. The highest BCUT2D eigenvalue weighted by molar-refractivity contribution is 6.07. The lowest BCUT2D eigenvalue weighted by molar-refractivity contribution is 0.0949. The molecule has 2 aromatic carbocycles. The first kappa shape index (κ1) is 23.3. The quantitative estimate of drug-likeness (QED) is 0.544. The van der Waals surface area contributed by atoms with E-state index in [1.165, 1.54) is 7.11 Å². The zero-order valence-corrected chi connectivity index (χ0v) is 19.6. The van der Waals surface area contributed by atoms with Gasteiger partial charge in [-0.1, -0.05) is 25.1 Å². The van der Waals surface area contributed by atoms with Gasteiger partial charge in [-0.15, -0.1) is 0 Å². The second-order valence-electron chi connectivity index (χ2n) is 8.60. The van der Waals surface area contributed by atoms with Crippen molar-refractivity contribution < 1.29 is 14.3 Å². The van der Waals surface area contributed by atoms with Gasteiger partial charge in [0.15, 0.2) is 0 Å². The van der Waals surface area contributed by atoms with Crippen molar-refractivity contribution in [1.29, 1.82) is 0 Å². The van der Waals surface area contributed by atoms with E-state index in [0.29, 0.717) is 35.0 Å². The fraction of sp³-hybridized carbons (Fsp3) is 0.296. The van der Waals surface area contributed by atoms with E-state index in [0.717, 1.165) is 37.2 Å². The van der Waals surface area contributed by atoms with E-state index in [1.807, 2.05) is 30.3 Å². The van der Waals surface area contributed by atoms with E-state index in [1.54, 1.807) is 36.7 Å². The Morgan fingerprint density at radius 3 is 2.56 bits per heavy atom. The number of pyridine rings is 1. The number of rotatable bonds is 7. The summed E-state index contributed by atoms with van der Waals surface area (Å²) in [6.07, 6.45) is 5.61. The van der Waals surface area contributed by atoms with Crippen LogP contribution < -0.4 is 20.3 Å². The van der Waals surface area contributed by atoms with Crippen molar-refractivity contribution in [1.82, 2.24) is 10.3 Å². The molecule has 1 aliphatic heterocycles. The number of hydrogen-bond donors (Lipinski definition) is 2. The van der Waals surface area contributed by atoms with Crippen LogP contribution in [0.3, 0.4) is 0 Å². The maximum atomic E-state index is 13.3. The minimum atomic E-state index is -0.293. The average Bonchev–Trinajstić information content (AvgIpc) is 2.88. The van der Waals surface area contributed by atoms with Crippen molar-refractivity contribution in [3.8, 4) is 5.75 Å². The van der Waals surface area contributed by atoms with Gasteiger partial charge in [0.2, 0.25) is 0 Å². The first-order chi connectivity index (χ1) is 16.5. The summed E-state index contributed by atoms with van der Waals surface area (Å²) >= 11 is 0. The number of anilines is 2. The number of nitrogens with one attached hydrogen (secondary N) is 2. The van der Waals surface area contributed by atoms with E-state index in [4.69, 9.17) is 4.74 Å². The molecule has 1 saturated heterocycles. The molecule has 1 fully saturated rings. The number of ether oxygens (including phenoxy) is 1. The summed E-state index contributed by atoms with van der Waals surface area (Å²) in [7, 11) is 1.53. The maximum absolute atomic E-state index is 13.3. The number of nitrogens with zero attached hydrogens (tertiary/aromatic N) is 2. The molecule has 34 heavy (non-hydrogen) atoms. The molecule has 0 radical (unpaired) electrons. The fourth-order valence-electron chi connectivity index (χ4n) is 4.13. The number of benzene rings is 2. The Kier molecular flexibility index (Phi) is 7.42. The van der Waals surface area contributed by atoms with Crippen LogP contribution in [0.5, 0.6) is 5.75 Å². The summed E-state index contributed by atoms with van der Waals surface area (Å²) < 4.78 is 5.31. The van der Waals surface area contributed by atoms with E-state index in [2.05, 4.69) is 27.4 Å². The molecule has 0 bridgehead atoms. The number of carbonyl (C=O) groups excluding carboxylic acids is 2. The molecule has 4 rings (SSSR count). The third kappa shape index (κ3) is 5.54. The minimum Gasteiger partial charge on any atom is -0.496 e. The highest BCUT2D eigenvalue weighted by Crippen LogP contribution is 2.29. The second kappa shape index (κ2) is 10.8. The lowest BCUT2D eigenvalue weighted by Gasteiger charge is -2.33. The van der Waals surface area contributed by atoms with E-state index < -0.39 is 0 Å². The Morgan fingerprint density at radius 1 is 1.03 bits per heavy atom. The van der Waals surface area contributed by atoms with Gasteiger partial charge in [-0.05, 0) is 60.7 Å². The molecule has 7 nitrogen and oxygen atoms in total. The van der Waals surface area contributed by atoms with Crippen molar-refractivity contribution in [2.24, 2.45) is 5.92 Å². The number of carbonyl (C=O) groups is 2. The van der Waals surface area contributed by atoms with Gasteiger partial charge < -0.3 is 20.3 Å². The molecule has 7 heteroatoms. The molecule has 2 heterocycles. The predicted molar refractivity (Wildman–Crippen MR) is 133 cm³/mol. The van der Waals surface area contributed by atoms with E-state index in [-0.39, 0.29) is 11.8 Å². The average molecular weight is 459 g/mol. The largest absolute Gasteiger partial charge is 0.496 e. The van der Waals surface area contributed by atoms with Crippen LogP contribution in [-0.4, -0.2) is 37.0 Å². The topological polar surface area (TPSA) is 83.6 Å². The minimum absolute atomic E-state index is 0.189. The van der Waals surface area contributed by atoms with Crippen molar-refractivity contribution in [2.45, 2.75) is 26.3 Å². The number of aromatic nitrogens is 1. The smallest absolute Gasteiger partial charge is 0.259 e. The normalized spacial score (nSPS) is 13.9. The Balaban J connectivity index is 1.58. The van der Waals surface area contributed by atoms with E-state index >= 15 is 0 Å². The molecule has 0 saturated carbocycles. The van der Waals surface area contributed by atoms with Crippen LogP contribution in [0, 0.1) is 5.92 Å². The molecule has 1 aliphatic rings. The molecule has 0 spiro atoms. The van der Waals surface area contributed by atoms with Crippen LogP contribution in [0.25, 0.3) is 0 Å². The summed E-state index contributed by atoms with van der Waals surface area (Å²) in [5.41, 5.74) is 3.32. The van der Waals surface area contributed by atoms with Crippen molar-refractivity contribution >= 4 is 23.2 Å². The molecule has 2 amide bonds. The van der Waals surface area contributed by atoms with Crippen molar-refractivity contribution in [3.63, 3.8) is 0 Å². The summed E-state index contributed by atoms with van der Waals surface area (Å²) in [5.74, 6) is 0.691. The number of methoxy groups -OCH3 is 1. The van der Waals surface area contributed by atoms with Crippen molar-refractivity contribution in [3.05, 3.63) is 83.7 Å². The zero-order chi connectivity index (χ0) is 23.9. The highest BCUT2D eigenvalue weighted by atomic mass is 16.5. The number of amides is 2. The Labute approximate surface area is 200 Å². The Bertz CT molecular complexity index is 1140. The first-order valence-electron chi connectivity index (χ1n) is 11.6. The molecule has 0 aliphatic carbocycles. The van der Waals surface area contributed by atoms with Crippen LogP contribution in [0.4, 0.5) is 11.4 Å². The van der Waals surface area contributed by atoms with E-state index in [9.17, 15) is 9.59 Å². The fourth-order valence-corrected chi connectivity index (χ4v) is 4.13. The molecule has 1 aromatic heterocycles. The molecule has 0 atom stereocenters. The predicted octanol–water partition coefficient (Wildman–Crippen LogP) is 4.51. The molecule has 3 aromatic rings. The zero-order valence-electron chi connectivity index (χ0n) is 19.6.